The van der Waals surface area contributed by atoms with Crippen molar-refractivity contribution in [2.24, 2.45) is 5.73 Å². The van der Waals surface area contributed by atoms with E-state index < -0.39 is 4.92 Å². The smallest absolute Gasteiger partial charge is 0.283 e. The summed E-state index contributed by atoms with van der Waals surface area (Å²) < 4.78 is 0.309. The summed E-state index contributed by atoms with van der Waals surface area (Å²) in [6, 6.07) is 11.2. The Morgan fingerprint density at radius 3 is 2.43 bits per heavy atom. The van der Waals surface area contributed by atoms with E-state index in [0.29, 0.717) is 22.3 Å². The standard InChI is InChI=1S/C14H12BrN3O3/c15-12-7-11(5-6-13(12)18(20)21)17-14(19)10-3-1-9(8-16)2-4-10/h1-7H,8,16H2,(H,17,19). The quantitative estimate of drug-likeness (QED) is 0.654. The third-order valence-corrected chi connectivity index (χ3v) is 3.49. The molecular weight excluding hydrogens is 338 g/mol. The number of nitrogens with one attached hydrogen (secondary N) is 1. The van der Waals surface area contributed by atoms with Gasteiger partial charge in [-0.1, -0.05) is 12.1 Å². The molecule has 0 radical (unpaired) electrons. The minimum absolute atomic E-state index is 0.0553. The van der Waals surface area contributed by atoms with E-state index in [9.17, 15) is 14.9 Å². The largest absolute Gasteiger partial charge is 0.326 e. The van der Waals surface area contributed by atoms with Gasteiger partial charge in [0.15, 0.2) is 0 Å². The summed E-state index contributed by atoms with van der Waals surface area (Å²) in [5.41, 5.74) is 7.33. The topological polar surface area (TPSA) is 98.3 Å². The molecule has 0 bridgehead atoms. The number of carbonyl (C=O) groups is 1. The van der Waals surface area contributed by atoms with Crippen LogP contribution in [0, 0.1) is 10.1 Å². The number of hydrogen-bond acceptors (Lipinski definition) is 4. The van der Waals surface area contributed by atoms with Gasteiger partial charge in [-0.25, -0.2) is 0 Å². The van der Waals surface area contributed by atoms with Crippen LogP contribution in [-0.2, 0) is 6.54 Å². The molecule has 108 valence electrons. The Kier molecular flexibility index (Phi) is 4.66. The maximum Gasteiger partial charge on any atom is 0.283 e. The van der Waals surface area contributed by atoms with E-state index in [0.717, 1.165) is 5.56 Å². The van der Waals surface area contributed by atoms with Crippen LogP contribution in [0.4, 0.5) is 11.4 Å². The molecule has 21 heavy (non-hydrogen) atoms. The molecule has 2 aromatic rings. The second kappa shape index (κ2) is 6.47. The van der Waals surface area contributed by atoms with Crippen molar-refractivity contribution in [2.45, 2.75) is 6.54 Å². The molecule has 3 N–H and O–H groups in total. The molecule has 0 saturated carbocycles. The highest BCUT2D eigenvalue weighted by molar-refractivity contribution is 9.10. The summed E-state index contributed by atoms with van der Waals surface area (Å²) in [6.07, 6.45) is 0. The number of nitro groups is 1. The van der Waals surface area contributed by atoms with Gasteiger partial charge in [0.2, 0.25) is 0 Å². The van der Waals surface area contributed by atoms with Crippen LogP contribution in [0.25, 0.3) is 0 Å². The minimum Gasteiger partial charge on any atom is -0.326 e. The van der Waals surface area contributed by atoms with Crippen molar-refractivity contribution in [3.63, 3.8) is 0 Å². The Morgan fingerprint density at radius 1 is 1.24 bits per heavy atom. The molecule has 0 aromatic heterocycles. The first-order valence-corrected chi connectivity index (χ1v) is 6.85. The van der Waals surface area contributed by atoms with E-state index in [1.807, 2.05) is 0 Å². The van der Waals surface area contributed by atoms with Gasteiger partial charge in [-0.05, 0) is 45.8 Å². The zero-order valence-corrected chi connectivity index (χ0v) is 12.5. The normalized spacial score (nSPS) is 10.2. The molecule has 0 spiro atoms. The first kappa shape index (κ1) is 15.1. The predicted molar refractivity (Wildman–Crippen MR) is 83.1 cm³/mol. The molecule has 7 heteroatoms. The van der Waals surface area contributed by atoms with E-state index in [2.05, 4.69) is 21.2 Å². The molecule has 0 aliphatic heterocycles. The maximum atomic E-state index is 12.1. The van der Waals surface area contributed by atoms with Crippen molar-refractivity contribution < 1.29 is 9.72 Å². The molecule has 0 aliphatic carbocycles. The van der Waals surface area contributed by atoms with E-state index in [4.69, 9.17) is 5.73 Å². The highest BCUT2D eigenvalue weighted by Gasteiger charge is 2.13. The van der Waals surface area contributed by atoms with Crippen LogP contribution in [0.2, 0.25) is 0 Å². The summed E-state index contributed by atoms with van der Waals surface area (Å²) in [7, 11) is 0. The second-order valence-corrected chi connectivity index (χ2v) is 5.13. The van der Waals surface area contributed by atoms with E-state index in [-0.39, 0.29) is 11.6 Å². The predicted octanol–water partition coefficient (Wildman–Crippen LogP) is 3.07. The summed E-state index contributed by atoms with van der Waals surface area (Å²) in [5, 5.41) is 13.4. The van der Waals surface area contributed by atoms with Crippen molar-refractivity contribution in [1.82, 2.24) is 0 Å². The number of nitrogens with two attached hydrogens (primary N) is 1. The van der Waals surface area contributed by atoms with Gasteiger partial charge in [-0.3, -0.25) is 14.9 Å². The van der Waals surface area contributed by atoms with Crippen LogP contribution in [0.5, 0.6) is 0 Å². The van der Waals surface area contributed by atoms with Gasteiger partial charge >= 0.3 is 0 Å². The molecule has 1 amide bonds. The average molecular weight is 350 g/mol. The van der Waals surface area contributed by atoms with Gasteiger partial charge in [0.1, 0.15) is 0 Å². The molecule has 0 atom stereocenters. The van der Waals surface area contributed by atoms with E-state index in [1.165, 1.54) is 18.2 Å². The fourth-order valence-electron chi connectivity index (χ4n) is 1.73. The van der Waals surface area contributed by atoms with Crippen LogP contribution in [-0.4, -0.2) is 10.8 Å². The molecule has 0 unspecified atom stereocenters. The number of carbonyl (C=O) groups excluding carboxylic acids is 1. The number of anilines is 1. The summed E-state index contributed by atoms with van der Waals surface area (Å²) >= 11 is 3.11. The molecule has 0 fully saturated rings. The fourth-order valence-corrected chi connectivity index (χ4v) is 2.25. The number of rotatable bonds is 4. The molecule has 2 rings (SSSR count). The zero-order valence-electron chi connectivity index (χ0n) is 10.9. The van der Waals surface area contributed by atoms with Gasteiger partial charge < -0.3 is 11.1 Å². The van der Waals surface area contributed by atoms with Gasteiger partial charge in [0.25, 0.3) is 11.6 Å². The first-order chi connectivity index (χ1) is 10.0. The van der Waals surface area contributed by atoms with Crippen LogP contribution in [0.15, 0.2) is 46.9 Å². The third kappa shape index (κ3) is 3.65. The van der Waals surface area contributed by atoms with Crippen molar-refractivity contribution >= 4 is 33.2 Å². The highest BCUT2D eigenvalue weighted by atomic mass is 79.9. The van der Waals surface area contributed by atoms with Gasteiger partial charge in [0.05, 0.1) is 9.40 Å². The van der Waals surface area contributed by atoms with Crippen LogP contribution in [0.3, 0.4) is 0 Å². The van der Waals surface area contributed by atoms with Crippen molar-refractivity contribution in [3.05, 3.63) is 68.2 Å². The van der Waals surface area contributed by atoms with Crippen LogP contribution in [0.1, 0.15) is 15.9 Å². The first-order valence-electron chi connectivity index (χ1n) is 6.05. The number of benzene rings is 2. The molecule has 0 aliphatic rings. The average Bonchev–Trinajstić information content (AvgIpc) is 2.47. The fraction of sp³-hybridized carbons (Fsp3) is 0.0714. The number of nitrogens with zero attached hydrogens (tertiary/aromatic N) is 1. The third-order valence-electron chi connectivity index (χ3n) is 2.85. The summed E-state index contributed by atoms with van der Waals surface area (Å²) in [4.78, 5) is 22.3. The number of hydrogen-bond donors (Lipinski definition) is 2. The molecule has 6 nitrogen and oxygen atoms in total. The molecule has 2 aromatic carbocycles. The monoisotopic (exact) mass is 349 g/mol. The van der Waals surface area contributed by atoms with Crippen LogP contribution >= 0.6 is 15.9 Å². The Balaban J connectivity index is 2.15. The zero-order chi connectivity index (χ0) is 15.4. The minimum atomic E-state index is -0.499. The van der Waals surface area contributed by atoms with Gasteiger partial charge in [-0.2, -0.15) is 0 Å². The van der Waals surface area contributed by atoms with Crippen molar-refractivity contribution in [2.75, 3.05) is 5.32 Å². The maximum absolute atomic E-state index is 12.1. The number of amides is 1. The van der Waals surface area contributed by atoms with Crippen LogP contribution < -0.4 is 11.1 Å². The SMILES string of the molecule is NCc1ccc(C(=O)Nc2ccc([N+](=O)[O-])c(Br)c2)cc1. The lowest BCUT2D eigenvalue weighted by Gasteiger charge is -2.06. The van der Waals surface area contributed by atoms with Gasteiger partial charge in [-0.15, -0.1) is 0 Å². The van der Waals surface area contributed by atoms with E-state index >= 15 is 0 Å². The van der Waals surface area contributed by atoms with Crippen molar-refractivity contribution in [1.29, 1.82) is 0 Å². The van der Waals surface area contributed by atoms with E-state index in [1.54, 1.807) is 24.3 Å². The second-order valence-electron chi connectivity index (χ2n) is 4.28. The molecule has 0 saturated heterocycles. The molecular formula is C14H12BrN3O3. The Hall–Kier alpha value is -2.25. The lowest BCUT2D eigenvalue weighted by Crippen LogP contribution is -2.12. The summed E-state index contributed by atoms with van der Waals surface area (Å²) in [5.74, 6) is -0.292. The highest BCUT2D eigenvalue weighted by Crippen LogP contribution is 2.27. The van der Waals surface area contributed by atoms with Crippen molar-refractivity contribution in [3.8, 4) is 0 Å². The number of halogens is 1. The Labute approximate surface area is 129 Å². The number of nitro benzene ring substituents is 1. The van der Waals surface area contributed by atoms with Gasteiger partial charge in [0, 0.05) is 23.9 Å². The summed E-state index contributed by atoms with van der Waals surface area (Å²) in [6.45, 7) is 0.414. The Bertz CT molecular complexity index is 686. The Morgan fingerprint density at radius 2 is 1.90 bits per heavy atom. The lowest BCUT2D eigenvalue weighted by atomic mass is 10.1. The lowest BCUT2D eigenvalue weighted by molar-refractivity contribution is -0.385. The molecule has 0 heterocycles.